The first-order chi connectivity index (χ1) is 21.0. The number of esters is 1. The third kappa shape index (κ3) is 6.97. The SMILES string of the molecule is CCOC(=O)C1=C(C)NC(=O)N[C@H]1c1ccc(OCC(=O)N/N=C\c2cc(C)n(-c3cccc(C(C)=O)c3)c2C)c(OC)c1. The number of ether oxygens (including phenoxy) is 3. The highest BCUT2D eigenvalue weighted by Crippen LogP contribution is 2.34. The fraction of sp³-hybridized carbons (Fsp3) is 0.281. The predicted molar refractivity (Wildman–Crippen MR) is 163 cm³/mol. The number of carbonyl (C=O) groups is 4. The smallest absolute Gasteiger partial charge is 0.338 e. The third-order valence-electron chi connectivity index (χ3n) is 7.02. The molecule has 3 amide bonds. The molecule has 3 aromatic rings. The lowest BCUT2D eigenvalue weighted by Gasteiger charge is -2.28. The van der Waals surface area contributed by atoms with Crippen molar-refractivity contribution in [2.24, 2.45) is 5.10 Å². The van der Waals surface area contributed by atoms with Gasteiger partial charge in [0.1, 0.15) is 0 Å². The molecule has 0 saturated carbocycles. The molecule has 1 aromatic heterocycles. The number of hydrazone groups is 1. The van der Waals surface area contributed by atoms with Crippen LogP contribution in [-0.2, 0) is 14.3 Å². The number of hydrogen-bond acceptors (Lipinski definition) is 8. The van der Waals surface area contributed by atoms with Gasteiger partial charge in [0.15, 0.2) is 23.9 Å². The van der Waals surface area contributed by atoms with Gasteiger partial charge in [0.25, 0.3) is 5.91 Å². The Morgan fingerprint density at radius 3 is 2.55 bits per heavy atom. The summed E-state index contributed by atoms with van der Waals surface area (Å²) < 4.78 is 18.3. The molecule has 2 heterocycles. The zero-order chi connectivity index (χ0) is 32.0. The van der Waals surface area contributed by atoms with Crippen LogP contribution in [0.25, 0.3) is 5.69 Å². The van der Waals surface area contributed by atoms with Gasteiger partial charge in [-0.3, -0.25) is 9.59 Å². The Hall–Kier alpha value is -5.39. The lowest BCUT2D eigenvalue weighted by atomic mass is 9.95. The van der Waals surface area contributed by atoms with Gasteiger partial charge in [0.05, 0.1) is 31.5 Å². The first kappa shape index (κ1) is 31.5. The highest BCUT2D eigenvalue weighted by Gasteiger charge is 2.32. The number of benzene rings is 2. The van der Waals surface area contributed by atoms with Crippen LogP contribution in [0.1, 0.15) is 59.7 Å². The summed E-state index contributed by atoms with van der Waals surface area (Å²) in [4.78, 5) is 49.1. The van der Waals surface area contributed by atoms with Gasteiger partial charge in [-0.25, -0.2) is 15.0 Å². The van der Waals surface area contributed by atoms with Gasteiger partial charge in [0, 0.05) is 33.9 Å². The molecule has 12 heteroatoms. The van der Waals surface area contributed by atoms with Gasteiger partial charge in [-0.15, -0.1) is 0 Å². The summed E-state index contributed by atoms with van der Waals surface area (Å²) in [5.74, 6) is -0.480. The zero-order valence-electron chi connectivity index (χ0n) is 25.4. The molecule has 4 rings (SSSR count). The standard InChI is InChI=1S/C32H35N5O7/c1-7-43-31(40)29-19(3)34-32(41)35-30(29)23-11-12-26(27(15-23)42-6)44-17-28(39)36-33-16-24-13-18(2)37(20(24)4)25-10-8-9-22(14-25)21(5)38/h8-16,30H,7,17H2,1-6H3,(H,36,39)(H2,34,35,41)/b33-16-/t30-/m0/s1. The number of ketones is 1. The average molecular weight is 602 g/mol. The maximum Gasteiger partial charge on any atom is 0.338 e. The van der Waals surface area contributed by atoms with Crippen molar-refractivity contribution in [3.05, 3.63) is 87.9 Å². The van der Waals surface area contributed by atoms with Crippen LogP contribution in [0.5, 0.6) is 11.5 Å². The second kappa shape index (κ2) is 13.7. The van der Waals surface area contributed by atoms with Crippen molar-refractivity contribution in [3.8, 4) is 17.2 Å². The minimum absolute atomic E-state index is 0.0137. The Bertz CT molecular complexity index is 1670. The van der Waals surface area contributed by atoms with E-state index in [-0.39, 0.29) is 30.3 Å². The highest BCUT2D eigenvalue weighted by molar-refractivity contribution is 5.95. The van der Waals surface area contributed by atoms with Crippen molar-refractivity contribution in [1.82, 2.24) is 20.6 Å². The fourth-order valence-electron chi connectivity index (χ4n) is 4.94. The zero-order valence-corrected chi connectivity index (χ0v) is 25.4. The van der Waals surface area contributed by atoms with Gasteiger partial charge in [-0.2, -0.15) is 5.10 Å². The van der Waals surface area contributed by atoms with Gasteiger partial charge in [-0.05, 0) is 70.5 Å². The molecule has 0 radical (unpaired) electrons. The topological polar surface area (TPSA) is 149 Å². The predicted octanol–water partition coefficient (Wildman–Crippen LogP) is 4.03. The van der Waals surface area contributed by atoms with E-state index >= 15 is 0 Å². The van der Waals surface area contributed by atoms with E-state index in [1.807, 2.05) is 42.7 Å². The van der Waals surface area contributed by atoms with Crippen LogP contribution in [0.15, 0.2) is 64.9 Å². The number of nitrogens with zero attached hydrogens (tertiary/aromatic N) is 2. The van der Waals surface area contributed by atoms with E-state index in [1.54, 1.807) is 44.3 Å². The number of allylic oxidation sites excluding steroid dienone is 1. The molecular formula is C32H35N5O7. The maximum absolute atomic E-state index is 12.6. The van der Waals surface area contributed by atoms with Gasteiger partial charge in [0.2, 0.25) is 0 Å². The Balaban J connectivity index is 1.42. The van der Waals surface area contributed by atoms with Crippen molar-refractivity contribution in [2.45, 2.75) is 40.7 Å². The summed E-state index contributed by atoms with van der Waals surface area (Å²) in [6, 6.07) is 13.0. The molecule has 12 nitrogen and oxygen atoms in total. The molecule has 0 spiro atoms. The van der Waals surface area contributed by atoms with E-state index in [9.17, 15) is 19.2 Å². The summed E-state index contributed by atoms with van der Waals surface area (Å²) in [6.07, 6.45) is 1.55. The van der Waals surface area contributed by atoms with Crippen molar-refractivity contribution >= 4 is 29.9 Å². The van der Waals surface area contributed by atoms with Crippen LogP contribution in [-0.4, -0.2) is 54.8 Å². The van der Waals surface area contributed by atoms with Gasteiger partial charge >= 0.3 is 12.0 Å². The minimum Gasteiger partial charge on any atom is -0.493 e. The molecule has 1 atom stereocenters. The third-order valence-corrected chi connectivity index (χ3v) is 7.02. The normalized spacial score (nSPS) is 14.6. The molecule has 0 aliphatic carbocycles. The number of methoxy groups -OCH3 is 1. The monoisotopic (exact) mass is 601 g/mol. The maximum atomic E-state index is 12.6. The Labute approximate surface area is 255 Å². The lowest BCUT2D eigenvalue weighted by Crippen LogP contribution is -2.45. The van der Waals surface area contributed by atoms with E-state index in [0.29, 0.717) is 22.6 Å². The van der Waals surface area contributed by atoms with Gasteiger partial charge < -0.3 is 29.4 Å². The number of hydrogen-bond donors (Lipinski definition) is 3. The molecule has 0 fully saturated rings. The van der Waals surface area contributed by atoms with Crippen LogP contribution < -0.4 is 25.5 Å². The lowest BCUT2D eigenvalue weighted by molar-refractivity contribution is -0.139. The molecule has 0 saturated heterocycles. The molecule has 3 N–H and O–H groups in total. The summed E-state index contributed by atoms with van der Waals surface area (Å²) in [5.41, 5.74) is 7.79. The minimum atomic E-state index is -0.775. The average Bonchev–Trinajstić information content (AvgIpc) is 3.27. The van der Waals surface area contributed by atoms with Crippen LogP contribution in [0.2, 0.25) is 0 Å². The second-order valence-corrected chi connectivity index (χ2v) is 10.1. The Morgan fingerprint density at radius 2 is 1.84 bits per heavy atom. The Morgan fingerprint density at radius 1 is 1.07 bits per heavy atom. The highest BCUT2D eigenvalue weighted by atomic mass is 16.5. The number of Topliss-reactive ketones (excluding diaryl/α,β-unsaturated/α-hetero) is 1. The van der Waals surface area contributed by atoms with Crippen molar-refractivity contribution in [3.63, 3.8) is 0 Å². The van der Waals surface area contributed by atoms with Crippen molar-refractivity contribution in [2.75, 3.05) is 20.3 Å². The van der Waals surface area contributed by atoms with Crippen LogP contribution >= 0.6 is 0 Å². The van der Waals surface area contributed by atoms with E-state index in [1.165, 1.54) is 14.0 Å². The summed E-state index contributed by atoms with van der Waals surface area (Å²) in [5, 5.41) is 9.41. The molecule has 1 aliphatic heterocycles. The number of rotatable bonds is 11. The fourth-order valence-corrected chi connectivity index (χ4v) is 4.94. The van der Waals surface area contributed by atoms with Crippen molar-refractivity contribution in [1.29, 1.82) is 0 Å². The number of aryl methyl sites for hydroxylation is 1. The quantitative estimate of drug-likeness (QED) is 0.130. The number of urea groups is 1. The van der Waals surface area contributed by atoms with Crippen LogP contribution in [0.3, 0.4) is 0 Å². The van der Waals surface area contributed by atoms with Crippen LogP contribution in [0.4, 0.5) is 4.79 Å². The molecular weight excluding hydrogens is 566 g/mol. The summed E-state index contributed by atoms with van der Waals surface area (Å²) in [6.45, 7) is 8.57. The van der Waals surface area contributed by atoms with E-state index in [0.717, 1.165) is 22.6 Å². The molecule has 1 aliphatic rings. The molecule has 0 unspecified atom stereocenters. The van der Waals surface area contributed by atoms with Crippen LogP contribution in [0, 0.1) is 13.8 Å². The summed E-state index contributed by atoms with van der Waals surface area (Å²) >= 11 is 0. The first-order valence-corrected chi connectivity index (χ1v) is 13.9. The number of amides is 3. The van der Waals surface area contributed by atoms with E-state index in [2.05, 4.69) is 21.2 Å². The second-order valence-electron chi connectivity index (χ2n) is 10.1. The molecule has 230 valence electrons. The number of aromatic nitrogens is 1. The first-order valence-electron chi connectivity index (χ1n) is 13.9. The number of nitrogens with one attached hydrogen (secondary N) is 3. The van der Waals surface area contributed by atoms with Crippen molar-refractivity contribution < 1.29 is 33.4 Å². The largest absolute Gasteiger partial charge is 0.493 e. The molecule has 0 bridgehead atoms. The van der Waals surface area contributed by atoms with E-state index in [4.69, 9.17) is 14.2 Å². The summed E-state index contributed by atoms with van der Waals surface area (Å²) in [7, 11) is 1.44. The van der Waals surface area contributed by atoms with Gasteiger partial charge in [-0.1, -0.05) is 18.2 Å². The Kier molecular flexibility index (Phi) is 9.84. The molecule has 2 aromatic carbocycles. The molecule has 44 heavy (non-hydrogen) atoms. The number of carbonyl (C=O) groups excluding carboxylic acids is 4. The van der Waals surface area contributed by atoms with E-state index < -0.39 is 23.9 Å².